The lowest BCUT2D eigenvalue weighted by molar-refractivity contribution is -0.301. The summed E-state index contributed by atoms with van der Waals surface area (Å²) in [7, 11) is -4.23. The largest absolute Gasteiger partial charge is 0.543 e. The van der Waals surface area contributed by atoms with E-state index in [1.807, 2.05) is 12.1 Å². The molecular weight excluding hydrogens is 528 g/mol. The zero-order valence-corrected chi connectivity index (χ0v) is 22.0. The molecule has 4 N–H and O–H groups in total. The Morgan fingerprint density at radius 1 is 0.950 bits per heavy atom. The number of nitrogens with one attached hydrogen (secondary N) is 2. The van der Waals surface area contributed by atoms with E-state index < -0.39 is 27.9 Å². The third-order valence-electron chi connectivity index (χ3n) is 6.75. The summed E-state index contributed by atoms with van der Waals surface area (Å²) in [5.41, 5.74) is 7.54. The molecule has 0 saturated heterocycles. The number of carbonyl (C=O) groups is 2. The van der Waals surface area contributed by atoms with Gasteiger partial charge in [0.25, 0.3) is 0 Å². The maximum absolute atomic E-state index is 14.0. The number of nitrogens with two attached hydrogens (primary N) is 1. The third-order valence-corrected chi connectivity index (χ3v) is 8.22. The van der Waals surface area contributed by atoms with Gasteiger partial charge in [0.05, 0.1) is 23.1 Å². The van der Waals surface area contributed by atoms with Crippen LogP contribution in [0, 0.1) is 5.41 Å². The van der Waals surface area contributed by atoms with Gasteiger partial charge in [0.1, 0.15) is 11.9 Å². The number of carboxylic acid groups (broad SMARTS) is 1. The number of rotatable bonds is 8. The molecule has 40 heavy (non-hydrogen) atoms. The van der Waals surface area contributed by atoms with Gasteiger partial charge in [0.15, 0.2) is 0 Å². The second-order valence-electron chi connectivity index (χ2n) is 9.44. The first-order chi connectivity index (χ1) is 19.1. The van der Waals surface area contributed by atoms with Crippen LogP contribution in [0.5, 0.6) is 0 Å². The highest BCUT2D eigenvalue weighted by Gasteiger charge is 2.33. The van der Waals surface area contributed by atoms with E-state index in [-0.39, 0.29) is 29.4 Å². The van der Waals surface area contributed by atoms with Gasteiger partial charge < -0.3 is 20.5 Å². The van der Waals surface area contributed by atoms with Gasteiger partial charge in [-0.05, 0) is 58.2 Å². The molecule has 1 atom stereocenters. The predicted octanol–water partition coefficient (Wildman–Crippen LogP) is 2.15. The van der Waals surface area contributed by atoms with Crippen molar-refractivity contribution in [1.29, 1.82) is 5.41 Å². The molecule has 202 valence electrons. The molecule has 0 bridgehead atoms. The molecule has 4 aromatic rings. The van der Waals surface area contributed by atoms with Gasteiger partial charge in [0, 0.05) is 5.56 Å². The van der Waals surface area contributed by atoms with E-state index in [0.29, 0.717) is 27.6 Å². The van der Waals surface area contributed by atoms with E-state index in [1.54, 1.807) is 66.7 Å². The monoisotopic (exact) mass is 553 g/mol. The summed E-state index contributed by atoms with van der Waals surface area (Å²) in [6.45, 7) is -0.0729. The number of amides is 1. The Kier molecular flexibility index (Phi) is 7.20. The zero-order valence-electron chi connectivity index (χ0n) is 21.2. The van der Waals surface area contributed by atoms with Crippen molar-refractivity contribution >= 4 is 44.6 Å². The van der Waals surface area contributed by atoms with Crippen LogP contribution in [0.25, 0.3) is 16.8 Å². The molecule has 1 unspecified atom stereocenters. The maximum atomic E-state index is 14.0. The first-order valence-corrected chi connectivity index (χ1v) is 13.9. The van der Waals surface area contributed by atoms with Crippen molar-refractivity contribution in [2.75, 3.05) is 0 Å². The first-order valence-electron chi connectivity index (χ1n) is 12.4. The lowest BCUT2D eigenvalue weighted by Gasteiger charge is -2.33. The smallest absolute Gasteiger partial charge is 0.245 e. The summed E-state index contributed by atoms with van der Waals surface area (Å²) in [5.74, 6) is -2.50. The molecule has 0 saturated carbocycles. The topological polar surface area (TPSA) is 156 Å². The van der Waals surface area contributed by atoms with Crippen LogP contribution in [0.2, 0.25) is 0 Å². The Hall–Kier alpha value is -4.80. The number of nitrogen functional groups attached to an aromatic ring is 1. The minimum atomic E-state index is -4.23. The minimum Gasteiger partial charge on any atom is -0.543 e. The minimum absolute atomic E-state index is 0.0406. The maximum Gasteiger partial charge on any atom is 0.245 e. The zero-order chi connectivity index (χ0) is 28.4. The summed E-state index contributed by atoms with van der Waals surface area (Å²) in [4.78, 5) is 27.0. The van der Waals surface area contributed by atoms with Crippen LogP contribution < -0.4 is 15.6 Å². The van der Waals surface area contributed by atoms with Crippen LogP contribution in [0.4, 0.5) is 0 Å². The number of sulfonamides is 1. The molecule has 4 aromatic carbocycles. The first kappa shape index (κ1) is 26.8. The van der Waals surface area contributed by atoms with E-state index in [2.05, 4.69) is 4.72 Å². The van der Waals surface area contributed by atoms with Crippen molar-refractivity contribution in [2.24, 2.45) is 5.73 Å². The van der Waals surface area contributed by atoms with Gasteiger partial charge >= 0.3 is 0 Å². The molecule has 1 heterocycles. The highest BCUT2D eigenvalue weighted by Crippen LogP contribution is 2.26. The highest BCUT2D eigenvalue weighted by atomic mass is 32.2. The molecule has 0 radical (unpaired) electrons. The van der Waals surface area contributed by atoms with Gasteiger partial charge in [-0.1, -0.05) is 72.8 Å². The van der Waals surface area contributed by atoms with Gasteiger partial charge in [-0.2, -0.15) is 4.72 Å². The Balaban J connectivity index is 1.54. The van der Waals surface area contributed by atoms with E-state index >= 15 is 0 Å². The summed E-state index contributed by atoms with van der Waals surface area (Å²) >= 11 is 0. The Labute approximate surface area is 231 Å². The predicted molar refractivity (Wildman–Crippen MR) is 149 cm³/mol. The fourth-order valence-electron chi connectivity index (χ4n) is 4.72. The SMILES string of the molecule is N=C(N)c1cccc(CC(NS(=O)(=O)c2ccc3ccccc3c2)C(=O)N2Cc3ccccc3C=C2C(=O)[O-])c1. The van der Waals surface area contributed by atoms with E-state index in [9.17, 15) is 23.1 Å². The van der Waals surface area contributed by atoms with Crippen LogP contribution in [-0.2, 0) is 32.6 Å². The number of hydrogen-bond donors (Lipinski definition) is 3. The summed E-state index contributed by atoms with van der Waals surface area (Å²) in [5, 5.41) is 21.4. The van der Waals surface area contributed by atoms with Crippen molar-refractivity contribution < 1.29 is 23.1 Å². The quantitative estimate of drug-likeness (QED) is 0.224. The molecule has 0 aliphatic carbocycles. The van der Waals surface area contributed by atoms with E-state index in [1.165, 1.54) is 18.2 Å². The number of nitrogens with zero attached hydrogens (tertiary/aromatic N) is 1. The third kappa shape index (κ3) is 5.49. The normalized spacial score (nSPS) is 13.8. The molecule has 0 aromatic heterocycles. The fraction of sp³-hybridized carbons (Fsp3) is 0.100. The fourth-order valence-corrected chi connectivity index (χ4v) is 5.95. The lowest BCUT2D eigenvalue weighted by atomic mass is 9.98. The van der Waals surface area contributed by atoms with Crippen molar-refractivity contribution in [2.45, 2.75) is 23.9 Å². The van der Waals surface area contributed by atoms with Crippen LogP contribution >= 0.6 is 0 Å². The molecule has 5 rings (SSSR count). The number of carboxylic acids is 1. The second-order valence-corrected chi connectivity index (χ2v) is 11.2. The summed E-state index contributed by atoms with van der Waals surface area (Å²) in [6.07, 6.45) is 1.22. The van der Waals surface area contributed by atoms with Crippen LogP contribution in [-0.4, -0.2) is 37.1 Å². The number of amidine groups is 1. The molecular formula is C30H25N4O5S-. The standard InChI is InChI=1S/C30H26N4O5S/c31-28(32)23-11-5-6-19(14-23)15-26(33-40(38,39)25-13-12-20-7-1-2-8-21(20)16-25)29(35)34-18-24-10-4-3-9-22(24)17-27(34)30(36)37/h1-14,16-17,26,33H,15,18H2,(H3,31,32)(H,36,37)/p-1. The molecule has 0 fully saturated rings. The number of aliphatic carboxylic acids is 1. The van der Waals surface area contributed by atoms with Crippen molar-refractivity contribution in [1.82, 2.24) is 9.62 Å². The van der Waals surface area contributed by atoms with Gasteiger partial charge in [0.2, 0.25) is 15.9 Å². The molecule has 10 heteroatoms. The van der Waals surface area contributed by atoms with Gasteiger partial charge in [-0.15, -0.1) is 0 Å². The molecule has 1 aliphatic rings. The summed E-state index contributed by atoms with van der Waals surface area (Å²) in [6, 6.07) is 24.1. The molecule has 0 spiro atoms. The van der Waals surface area contributed by atoms with E-state index in [0.717, 1.165) is 10.3 Å². The lowest BCUT2D eigenvalue weighted by Crippen LogP contribution is -2.51. The van der Waals surface area contributed by atoms with Crippen molar-refractivity contribution in [3.63, 3.8) is 0 Å². The number of hydrogen-bond acceptors (Lipinski definition) is 6. The number of carbonyl (C=O) groups excluding carboxylic acids is 2. The van der Waals surface area contributed by atoms with Gasteiger partial charge in [-0.25, -0.2) is 8.42 Å². The average molecular weight is 554 g/mol. The van der Waals surface area contributed by atoms with Gasteiger partial charge in [-0.3, -0.25) is 10.2 Å². The Morgan fingerprint density at radius 3 is 2.42 bits per heavy atom. The van der Waals surface area contributed by atoms with Crippen molar-refractivity contribution in [3.05, 3.63) is 119 Å². The number of fused-ring (bicyclic) bond motifs is 2. The van der Waals surface area contributed by atoms with Crippen LogP contribution in [0.3, 0.4) is 0 Å². The second kappa shape index (κ2) is 10.8. The molecule has 1 amide bonds. The highest BCUT2D eigenvalue weighted by molar-refractivity contribution is 7.89. The molecule has 1 aliphatic heterocycles. The number of benzene rings is 4. The van der Waals surface area contributed by atoms with Crippen LogP contribution in [0.1, 0.15) is 22.3 Å². The average Bonchev–Trinajstić information content (AvgIpc) is 2.95. The Bertz CT molecular complexity index is 1800. The summed E-state index contributed by atoms with van der Waals surface area (Å²) < 4.78 is 29.7. The van der Waals surface area contributed by atoms with E-state index in [4.69, 9.17) is 11.1 Å². The van der Waals surface area contributed by atoms with Crippen LogP contribution in [0.15, 0.2) is 102 Å². The molecule has 9 nitrogen and oxygen atoms in total. The van der Waals surface area contributed by atoms with Crippen molar-refractivity contribution in [3.8, 4) is 0 Å². The Morgan fingerprint density at radius 2 is 1.68 bits per heavy atom.